The monoisotopic (exact) mass is 375 g/mol. The van der Waals surface area contributed by atoms with E-state index in [2.05, 4.69) is 53.6 Å². The average molecular weight is 376 g/mol. The molecule has 1 aliphatic rings. The molecule has 1 saturated heterocycles. The zero-order chi connectivity index (χ0) is 19.3. The van der Waals surface area contributed by atoms with Crippen LogP contribution in [0.15, 0.2) is 29.3 Å². The summed E-state index contributed by atoms with van der Waals surface area (Å²) in [5.74, 6) is 1.79. The molecule has 1 aromatic carbocycles. The van der Waals surface area contributed by atoms with E-state index >= 15 is 0 Å². The van der Waals surface area contributed by atoms with Crippen LogP contribution >= 0.6 is 0 Å². The minimum Gasteiger partial charge on any atom is -0.492 e. The fourth-order valence-corrected chi connectivity index (χ4v) is 3.11. The predicted octanol–water partition coefficient (Wildman–Crippen LogP) is 2.17. The third-order valence-corrected chi connectivity index (χ3v) is 4.64. The highest BCUT2D eigenvalue weighted by Crippen LogP contribution is 2.14. The molecule has 2 rings (SSSR count). The highest BCUT2D eigenvalue weighted by molar-refractivity contribution is 5.79. The fourth-order valence-electron chi connectivity index (χ4n) is 3.11. The van der Waals surface area contributed by atoms with Crippen LogP contribution in [0.3, 0.4) is 0 Å². The van der Waals surface area contributed by atoms with Crippen LogP contribution in [0, 0.1) is 0 Å². The van der Waals surface area contributed by atoms with Gasteiger partial charge in [-0.3, -0.25) is 0 Å². The molecular formula is C21H37N5O. The lowest BCUT2D eigenvalue weighted by molar-refractivity contribution is 0.232. The van der Waals surface area contributed by atoms with Gasteiger partial charge in [0.1, 0.15) is 12.4 Å². The Labute approximate surface area is 165 Å². The lowest BCUT2D eigenvalue weighted by atomic mass is 10.1. The van der Waals surface area contributed by atoms with Gasteiger partial charge in [-0.05, 0) is 64.6 Å². The number of hydrogen-bond donors (Lipinski definition) is 2. The van der Waals surface area contributed by atoms with E-state index in [0.29, 0.717) is 13.2 Å². The molecule has 0 radical (unpaired) electrons. The molecule has 152 valence electrons. The van der Waals surface area contributed by atoms with Crippen LogP contribution in [0.1, 0.15) is 31.7 Å². The van der Waals surface area contributed by atoms with Gasteiger partial charge in [-0.1, -0.05) is 18.6 Å². The molecule has 1 heterocycles. The number of rotatable bonds is 10. The standard InChI is InChI=1S/C21H37N5O/c1-4-22-21(23-11-14-26-12-6-5-7-13-26)24-18-19-9-8-10-20(17-19)27-16-15-25(2)3/h8-10,17H,4-7,11-16,18H2,1-3H3,(H2,22,23,24). The highest BCUT2D eigenvalue weighted by atomic mass is 16.5. The Balaban J connectivity index is 1.80. The van der Waals surface area contributed by atoms with Crippen molar-refractivity contribution in [1.29, 1.82) is 0 Å². The first-order valence-electron chi connectivity index (χ1n) is 10.3. The van der Waals surface area contributed by atoms with Gasteiger partial charge < -0.3 is 25.2 Å². The van der Waals surface area contributed by atoms with Gasteiger partial charge in [-0.2, -0.15) is 0 Å². The molecule has 1 aromatic rings. The Bertz CT molecular complexity index is 555. The van der Waals surface area contributed by atoms with Crippen molar-refractivity contribution in [3.8, 4) is 5.75 Å². The van der Waals surface area contributed by atoms with Crippen molar-refractivity contribution in [1.82, 2.24) is 20.4 Å². The molecule has 0 bridgehead atoms. The van der Waals surface area contributed by atoms with E-state index < -0.39 is 0 Å². The summed E-state index contributed by atoms with van der Waals surface area (Å²) >= 11 is 0. The highest BCUT2D eigenvalue weighted by Gasteiger charge is 2.09. The summed E-state index contributed by atoms with van der Waals surface area (Å²) in [7, 11) is 4.10. The SMILES string of the molecule is CCNC(=NCc1cccc(OCCN(C)C)c1)NCCN1CCCCC1. The zero-order valence-electron chi connectivity index (χ0n) is 17.3. The molecular weight excluding hydrogens is 338 g/mol. The Morgan fingerprint density at radius 3 is 2.74 bits per heavy atom. The van der Waals surface area contributed by atoms with E-state index in [1.807, 2.05) is 12.1 Å². The third kappa shape index (κ3) is 9.11. The van der Waals surface area contributed by atoms with Gasteiger partial charge in [0.25, 0.3) is 0 Å². The Morgan fingerprint density at radius 2 is 2.00 bits per heavy atom. The molecule has 6 heteroatoms. The van der Waals surface area contributed by atoms with Crippen LogP contribution in [0.2, 0.25) is 0 Å². The number of benzene rings is 1. The summed E-state index contributed by atoms with van der Waals surface area (Å²) in [6.45, 7) is 9.69. The first kappa shape index (κ1) is 21.5. The molecule has 1 fully saturated rings. The minimum atomic E-state index is 0.643. The summed E-state index contributed by atoms with van der Waals surface area (Å²) in [6.07, 6.45) is 4.05. The molecule has 0 amide bonds. The number of guanidine groups is 1. The molecule has 1 aliphatic heterocycles. The molecule has 27 heavy (non-hydrogen) atoms. The van der Waals surface area contributed by atoms with Crippen molar-refractivity contribution in [2.75, 3.05) is 60.0 Å². The molecule has 0 spiro atoms. The fraction of sp³-hybridized carbons (Fsp3) is 0.667. The maximum atomic E-state index is 5.82. The Morgan fingerprint density at radius 1 is 1.19 bits per heavy atom. The van der Waals surface area contributed by atoms with Crippen molar-refractivity contribution in [2.45, 2.75) is 32.7 Å². The summed E-state index contributed by atoms with van der Waals surface area (Å²) in [5.41, 5.74) is 1.16. The molecule has 0 aliphatic carbocycles. The second kappa shape index (κ2) is 12.6. The number of likely N-dealkylation sites (N-methyl/N-ethyl adjacent to an activating group) is 1. The number of hydrogen-bond acceptors (Lipinski definition) is 4. The second-order valence-corrected chi connectivity index (χ2v) is 7.32. The quantitative estimate of drug-likeness (QED) is 0.485. The maximum absolute atomic E-state index is 5.82. The number of ether oxygens (including phenoxy) is 1. The van der Waals surface area contributed by atoms with Crippen LogP contribution in [-0.2, 0) is 6.54 Å². The predicted molar refractivity (Wildman–Crippen MR) is 114 cm³/mol. The van der Waals surface area contributed by atoms with Gasteiger partial charge in [-0.15, -0.1) is 0 Å². The van der Waals surface area contributed by atoms with Crippen LogP contribution in [0.5, 0.6) is 5.75 Å². The van der Waals surface area contributed by atoms with E-state index in [1.54, 1.807) is 0 Å². The molecule has 0 atom stereocenters. The smallest absolute Gasteiger partial charge is 0.191 e. The Hall–Kier alpha value is -1.79. The summed E-state index contributed by atoms with van der Waals surface area (Å²) in [5, 5.41) is 6.80. The number of nitrogens with zero attached hydrogens (tertiary/aromatic N) is 3. The minimum absolute atomic E-state index is 0.643. The summed E-state index contributed by atoms with van der Waals surface area (Å²) < 4.78 is 5.82. The normalized spacial score (nSPS) is 15.8. The van der Waals surface area contributed by atoms with Crippen LogP contribution in [-0.4, -0.2) is 75.7 Å². The van der Waals surface area contributed by atoms with Gasteiger partial charge in [0, 0.05) is 26.2 Å². The van der Waals surface area contributed by atoms with Crippen molar-refractivity contribution in [3.63, 3.8) is 0 Å². The lowest BCUT2D eigenvalue weighted by Gasteiger charge is -2.26. The first-order valence-corrected chi connectivity index (χ1v) is 10.3. The molecule has 6 nitrogen and oxygen atoms in total. The first-order chi connectivity index (χ1) is 13.2. The topological polar surface area (TPSA) is 52.1 Å². The maximum Gasteiger partial charge on any atom is 0.191 e. The van der Waals surface area contributed by atoms with Gasteiger partial charge >= 0.3 is 0 Å². The third-order valence-electron chi connectivity index (χ3n) is 4.64. The summed E-state index contributed by atoms with van der Waals surface area (Å²) in [4.78, 5) is 9.38. The number of aliphatic imine (C=N–C) groups is 1. The van der Waals surface area contributed by atoms with E-state index in [4.69, 9.17) is 9.73 Å². The molecule has 0 aromatic heterocycles. The van der Waals surface area contributed by atoms with E-state index in [0.717, 1.165) is 43.5 Å². The molecule has 0 saturated carbocycles. The Kier molecular flexibility index (Phi) is 10.0. The summed E-state index contributed by atoms with van der Waals surface area (Å²) in [6, 6.07) is 8.22. The number of piperidine rings is 1. The number of nitrogens with one attached hydrogen (secondary N) is 2. The van der Waals surface area contributed by atoms with Crippen LogP contribution in [0.4, 0.5) is 0 Å². The van der Waals surface area contributed by atoms with E-state index in [-0.39, 0.29) is 0 Å². The van der Waals surface area contributed by atoms with Crippen molar-refractivity contribution in [3.05, 3.63) is 29.8 Å². The average Bonchev–Trinajstić information content (AvgIpc) is 2.67. The van der Waals surface area contributed by atoms with Crippen molar-refractivity contribution < 1.29 is 4.74 Å². The number of likely N-dealkylation sites (tertiary alicyclic amines) is 1. The van der Waals surface area contributed by atoms with Gasteiger partial charge in [0.15, 0.2) is 5.96 Å². The van der Waals surface area contributed by atoms with Crippen molar-refractivity contribution in [2.24, 2.45) is 4.99 Å². The largest absolute Gasteiger partial charge is 0.492 e. The zero-order valence-corrected chi connectivity index (χ0v) is 17.3. The molecule has 0 unspecified atom stereocenters. The van der Waals surface area contributed by atoms with Crippen molar-refractivity contribution >= 4 is 5.96 Å². The van der Waals surface area contributed by atoms with Gasteiger partial charge in [0.05, 0.1) is 6.54 Å². The van der Waals surface area contributed by atoms with E-state index in [1.165, 1.54) is 32.4 Å². The van der Waals surface area contributed by atoms with Gasteiger partial charge in [-0.25, -0.2) is 4.99 Å². The lowest BCUT2D eigenvalue weighted by Crippen LogP contribution is -2.42. The van der Waals surface area contributed by atoms with Crippen LogP contribution < -0.4 is 15.4 Å². The second-order valence-electron chi connectivity index (χ2n) is 7.32. The van der Waals surface area contributed by atoms with E-state index in [9.17, 15) is 0 Å². The molecule has 2 N–H and O–H groups in total. The van der Waals surface area contributed by atoms with Crippen LogP contribution in [0.25, 0.3) is 0 Å². The van der Waals surface area contributed by atoms with Gasteiger partial charge in [0.2, 0.25) is 0 Å².